The summed E-state index contributed by atoms with van der Waals surface area (Å²) >= 11 is 6.12. The van der Waals surface area contributed by atoms with Crippen molar-refractivity contribution in [1.82, 2.24) is 4.90 Å². The standard InChI is InChI=1S/C16H30ClFN4O/c1-11(17)12(2)21-15(13(10-23)20-4)22-7-5-16(3,6-8-22)14(19)9-18/h11-12,14,23H,5-10,19H2,1-4H3/b20-13-,21-15+/t11-,12?,14?/m1/s1. The zero-order valence-corrected chi connectivity index (χ0v) is 15.4. The van der Waals surface area contributed by atoms with E-state index in [1.165, 1.54) is 0 Å². The second-order valence-electron chi connectivity index (χ2n) is 6.60. The van der Waals surface area contributed by atoms with Crippen LogP contribution in [-0.4, -0.2) is 72.4 Å². The van der Waals surface area contributed by atoms with E-state index in [-0.39, 0.29) is 23.4 Å². The Labute approximate surface area is 143 Å². The SMILES string of the molecule is C/N=C(CO)\C(=N/C(C)[C@@H](C)Cl)N1CCC(C)(C(N)CF)CC1. The van der Waals surface area contributed by atoms with Gasteiger partial charge in [-0.2, -0.15) is 0 Å². The average molecular weight is 349 g/mol. The van der Waals surface area contributed by atoms with Crippen molar-refractivity contribution in [2.45, 2.75) is 51.1 Å². The summed E-state index contributed by atoms with van der Waals surface area (Å²) < 4.78 is 12.9. The van der Waals surface area contributed by atoms with Crippen molar-refractivity contribution in [3.63, 3.8) is 0 Å². The molecule has 5 nitrogen and oxygen atoms in total. The summed E-state index contributed by atoms with van der Waals surface area (Å²) in [5, 5.41) is 9.45. The number of nitrogens with zero attached hydrogens (tertiary/aromatic N) is 3. The van der Waals surface area contributed by atoms with Gasteiger partial charge in [0.2, 0.25) is 0 Å². The molecule has 7 heteroatoms. The molecule has 3 atom stereocenters. The van der Waals surface area contributed by atoms with Crippen LogP contribution in [0.5, 0.6) is 0 Å². The highest BCUT2D eigenvalue weighted by molar-refractivity contribution is 6.42. The summed E-state index contributed by atoms with van der Waals surface area (Å²) in [6.45, 7) is 6.62. The third-order valence-electron chi connectivity index (χ3n) is 4.94. The summed E-state index contributed by atoms with van der Waals surface area (Å²) in [6, 6.07) is -0.527. The van der Waals surface area contributed by atoms with Gasteiger partial charge in [0.25, 0.3) is 0 Å². The summed E-state index contributed by atoms with van der Waals surface area (Å²) in [5.74, 6) is 0.686. The lowest BCUT2D eigenvalue weighted by molar-refractivity contribution is 0.120. The van der Waals surface area contributed by atoms with Gasteiger partial charge in [0.1, 0.15) is 18.2 Å². The van der Waals surface area contributed by atoms with Crippen LogP contribution >= 0.6 is 11.6 Å². The van der Waals surface area contributed by atoms with Gasteiger partial charge in [-0.1, -0.05) is 6.92 Å². The van der Waals surface area contributed by atoms with Crippen LogP contribution in [0.3, 0.4) is 0 Å². The van der Waals surface area contributed by atoms with E-state index in [9.17, 15) is 9.50 Å². The molecule has 1 rings (SSSR count). The first-order chi connectivity index (χ1) is 10.8. The van der Waals surface area contributed by atoms with Crippen molar-refractivity contribution in [2.75, 3.05) is 33.4 Å². The third kappa shape index (κ3) is 5.13. The molecule has 0 aliphatic carbocycles. The number of rotatable bonds is 6. The maximum atomic E-state index is 12.9. The molecule has 0 amide bonds. The number of amidine groups is 1. The van der Waals surface area contributed by atoms with E-state index in [4.69, 9.17) is 17.3 Å². The lowest BCUT2D eigenvalue weighted by Crippen LogP contribution is -2.52. The summed E-state index contributed by atoms with van der Waals surface area (Å²) in [7, 11) is 1.64. The van der Waals surface area contributed by atoms with E-state index in [1.54, 1.807) is 7.05 Å². The molecule has 23 heavy (non-hydrogen) atoms. The highest BCUT2D eigenvalue weighted by Crippen LogP contribution is 2.34. The molecule has 0 saturated carbocycles. The maximum Gasteiger partial charge on any atom is 0.147 e. The van der Waals surface area contributed by atoms with Crippen LogP contribution in [0.25, 0.3) is 0 Å². The molecule has 3 N–H and O–H groups in total. The first-order valence-electron chi connectivity index (χ1n) is 8.14. The van der Waals surface area contributed by atoms with Crippen LogP contribution in [0.15, 0.2) is 9.98 Å². The van der Waals surface area contributed by atoms with Gasteiger partial charge in [0, 0.05) is 26.2 Å². The second kappa shape index (κ2) is 8.94. The molecule has 0 bridgehead atoms. The number of alkyl halides is 2. The topological polar surface area (TPSA) is 74.2 Å². The first kappa shape index (κ1) is 20.3. The molecule has 1 fully saturated rings. The van der Waals surface area contributed by atoms with Crippen LogP contribution in [0.1, 0.15) is 33.6 Å². The van der Waals surface area contributed by atoms with Crippen molar-refractivity contribution >= 4 is 23.1 Å². The molecule has 0 aromatic carbocycles. The van der Waals surface area contributed by atoms with Gasteiger partial charge >= 0.3 is 0 Å². The minimum Gasteiger partial charge on any atom is -0.390 e. The van der Waals surface area contributed by atoms with Gasteiger partial charge in [-0.15, -0.1) is 11.6 Å². The van der Waals surface area contributed by atoms with Gasteiger partial charge in [-0.05, 0) is 32.1 Å². The van der Waals surface area contributed by atoms with Crippen LogP contribution in [0.4, 0.5) is 4.39 Å². The van der Waals surface area contributed by atoms with Gasteiger partial charge in [0.15, 0.2) is 0 Å². The van der Waals surface area contributed by atoms with Crippen molar-refractivity contribution in [1.29, 1.82) is 0 Å². The molecule has 1 aliphatic rings. The Hall–Kier alpha value is -0.720. The number of hydrogen-bond acceptors (Lipinski definition) is 4. The Bertz CT molecular complexity index is 434. The predicted octanol–water partition coefficient (Wildman–Crippen LogP) is 1.86. The van der Waals surface area contributed by atoms with Crippen molar-refractivity contribution in [2.24, 2.45) is 21.1 Å². The molecule has 1 saturated heterocycles. The van der Waals surface area contributed by atoms with Crippen LogP contribution in [0.2, 0.25) is 0 Å². The van der Waals surface area contributed by atoms with E-state index in [2.05, 4.69) is 14.9 Å². The molecular weight excluding hydrogens is 319 g/mol. The number of nitrogens with two attached hydrogens (primary N) is 1. The van der Waals surface area contributed by atoms with E-state index in [0.29, 0.717) is 24.6 Å². The zero-order chi connectivity index (χ0) is 17.6. The smallest absolute Gasteiger partial charge is 0.147 e. The molecule has 0 spiro atoms. The number of hydrogen-bond donors (Lipinski definition) is 2. The summed E-state index contributed by atoms with van der Waals surface area (Å²) in [5.41, 5.74) is 6.28. The lowest BCUT2D eigenvalue weighted by Gasteiger charge is -2.43. The lowest BCUT2D eigenvalue weighted by atomic mass is 9.75. The molecule has 1 aliphatic heterocycles. The second-order valence-corrected chi connectivity index (χ2v) is 7.29. The maximum absolute atomic E-state index is 12.9. The van der Waals surface area contributed by atoms with E-state index >= 15 is 0 Å². The molecule has 2 unspecified atom stereocenters. The molecule has 0 radical (unpaired) electrons. The fraction of sp³-hybridized carbons (Fsp3) is 0.875. The van der Waals surface area contributed by atoms with Crippen LogP contribution < -0.4 is 5.73 Å². The highest BCUT2D eigenvalue weighted by Gasteiger charge is 2.37. The summed E-state index contributed by atoms with van der Waals surface area (Å²) in [6.07, 6.45) is 1.56. The average Bonchev–Trinajstić information content (AvgIpc) is 2.54. The predicted molar refractivity (Wildman–Crippen MR) is 95.5 cm³/mol. The quantitative estimate of drug-likeness (QED) is 0.437. The minimum atomic E-state index is -0.503. The number of aliphatic imine (C=N–C) groups is 2. The van der Waals surface area contributed by atoms with Crippen LogP contribution in [0, 0.1) is 5.41 Å². The van der Waals surface area contributed by atoms with Gasteiger partial charge in [0.05, 0.1) is 18.0 Å². The van der Waals surface area contributed by atoms with Crippen LogP contribution in [-0.2, 0) is 0 Å². The summed E-state index contributed by atoms with van der Waals surface area (Å²) in [4.78, 5) is 10.9. The molecule has 0 aromatic heterocycles. The third-order valence-corrected chi connectivity index (χ3v) is 5.30. The van der Waals surface area contributed by atoms with Crippen molar-refractivity contribution in [3.05, 3.63) is 0 Å². The minimum absolute atomic E-state index is 0.0867. The molecule has 1 heterocycles. The fourth-order valence-corrected chi connectivity index (χ4v) is 2.72. The number of halogens is 2. The number of piperidine rings is 1. The number of aliphatic hydroxyl groups is 1. The Morgan fingerprint density at radius 3 is 2.35 bits per heavy atom. The van der Waals surface area contributed by atoms with Crippen molar-refractivity contribution < 1.29 is 9.50 Å². The van der Waals surface area contributed by atoms with E-state index < -0.39 is 12.7 Å². The largest absolute Gasteiger partial charge is 0.390 e. The fourth-order valence-electron chi connectivity index (χ4n) is 2.66. The Morgan fingerprint density at radius 2 is 1.96 bits per heavy atom. The van der Waals surface area contributed by atoms with Crippen molar-refractivity contribution in [3.8, 4) is 0 Å². The monoisotopic (exact) mass is 348 g/mol. The van der Waals surface area contributed by atoms with Gasteiger partial charge < -0.3 is 15.7 Å². The first-order valence-corrected chi connectivity index (χ1v) is 8.58. The van der Waals surface area contributed by atoms with Gasteiger partial charge in [-0.25, -0.2) is 4.39 Å². The molecule has 134 valence electrons. The number of aliphatic hydroxyl groups excluding tert-OH is 1. The Kier molecular flexibility index (Phi) is 7.90. The van der Waals surface area contributed by atoms with E-state index in [0.717, 1.165) is 12.8 Å². The zero-order valence-electron chi connectivity index (χ0n) is 14.6. The van der Waals surface area contributed by atoms with Gasteiger partial charge in [-0.3, -0.25) is 9.98 Å². The highest BCUT2D eigenvalue weighted by atomic mass is 35.5. The Balaban J connectivity index is 2.95. The Morgan fingerprint density at radius 1 is 1.39 bits per heavy atom. The van der Waals surface area contributed by atoms with E-state index in [1.807, 2.05) is 20.8 Å². The molecular formula is C16H30ClFN4O. The molecule has 0 aromatic rings. The number of likely N-dealkylation sites (tertiary alicyclic amines) is 1. The normalized spacial score (nSPS) is 23.6.